The lowest BCUT2D eigenvalue weighted by Gasteiger charge is -2.28. The second-order valence-corrected chi connectivity index (χ2v) is 10.1. The molecule has 1 heterocycles. The Hall–Kier alpha value is -2.14. The van der Waals surface area contributed by atoms with Crippen molar-refractivity contribution in [1.29, 1.82) is 0 Å². The summed E-state index contributed by atoms with van der Waals surface area (Å²) in [6.07, 6.45) is 24.4. The lowest BCUT2D eigenvalue weighted by Crippen LogP contribution is -2.40. The number of anilines is 1. The zero-order valence-corrected chi connectivity index (χ0v) is 23.4. The molecule has 1 atom stereocenters. The summed E-state index contributed by atoms with van der Waals surface area (Å²) in [5.74, 6) is 1.67. The summed E-state index contributed by atoms with van der Waals surface area (Å²) < 4.78 is 5.31. The van der Waals surface area contributed by atoms with Gasteiger partial charge in [0.05, 0.1) is 7.11 Å². The topological polar surface area (TPSA) is 50.3 Å². The molecule has 1 N–H and O–H groups in total. The minimum absolute atomic E-state index is 0.421. The molecular formula is C31H52N4O. The van der Waals surface area contributed by atoms with Crippen LogP contribution in [0.4, 0.5) is 5.95 Å². The number of hydrogen-bond donors (Lipinski definition) is 1. The summed E-state index contributed by atoms with van der Waals surface area (Å²) in [6, 6.07) is 10.6. The van der Waals surface area contributed by atoms with E-state index in [9.17, 15) is 0 Å². The van der Waals surface area contributed by atoms with Gasteiger partial charge in [0, 0.05) is 31.5 Å². The van der Waals surface area contributed by atoms with E-state index in [1.807, 2.05) is 30.6 Å². The van der Waals surface area contributed by atoms with E-state index in [-0.39, 0.29) is 0 Å². The smallest absolute Gasteiger partial charge is 0.225 e. The molecule has 1 aromatic carbocycles. The molecule has 0 radical (unpaired) electrons. The first-order chi connectivity index (χ1) is 17.8. The Bertz CT molecular complexity index is 753. The molecule has 1 aromatic heterocycles. The van der Waals surface area contributed by atoms with E-state index < -0.39 is 0 Å². The van der Waals surface area contributed by atoms with E-state index >= 15 is 0 Å². The number of benzene rings is 1. The maximum absolute atomic E-state index is 5.31. The van der Waals surface area contributed by atoms with Gasteiger partial charge in [-0.15, -0.1) is 0 Å². The van der Waals surface area contributed by atoms with Crippen molar-refractivity contribution in [2.45, 2.75) is 116 Å². The van der Waals surface area contributed by atoms with Gasteiger partial charge in [-0.2, -0.15) is 0 Å². The van der Waals surface area contributed by atoms with Crippen LogP contribution >= 0.6 is 0 Å². The molecule has 0 aliphatic carbocycles. The number of aromatic nitrogens is 2. The Balaban J connectivity index is 1.63. The van der Waals surface area contributed by atoms with E-state index in [1.54, 1.807) is 7.11 Å². The number of rotatable bonds is 22. The molecule has 0 fully saturated rings. The fourth-order valence-corrected chi connectivity index (χ4v) is 4.80. The van der Waals surface area contributed by atoms with Gasteiger partial charge in [0.1, 0.15) is 5.75 Å². The van der Waals surface area contributed by atoms with Crippen LogP contribution in [0.25, 0.3) is 0 Å². The predicted octanol–water partition coefficient (Wildman–Crippen LogP) is 7.95. The molecule has 1 unspecified atom stereocenters. The Labute approximate surface area is 221 Å². The third kappa shape index (κ3) is 13.2. The normalized spacial score (nSPS) is 12.0. The second kappa shape index (κ2) is 20.0. The largest absolute Gasteiger partial charge is 0.497 e. The van der Waals surface area contributed by atoms with E-state index in [0.29, 0.717) is 6.04 Å². The van der Waals surface area contributed by atoms with Gasteiger partial charge in [0.25, 0.3) is 0 Å². The number of hydrogen-bond acceptors (Lipinski definition) is 5. The third-order valence-electron chi connectivity index (χ3n) is 7.12. The first kappa shape index (κ1) is 30.1. The molecule has 0 aliphatic heterocycles. The zero-order chi connectivity index (χ0) is 25.7. The number of unbranched alkanes of at least 4 members (excludes halogenated alkanes) is 13. The highest BCUT2D eigenvalue weighted by atomic mass is 16.5. The quantitative estimate of drug-likeness (QED) is 0.168. The third-order valence-corrected chi connectivity index (χ3v) is 7.12. The molecule has 5 nitrogen and oxygen atoms in total. The van der Waals surface area contributed by atoms with E-state index in [4.69, 9.17) is 4.74 Å². The molecular weight excluding hydrogens is 444 g/mol. The maximum Gasteiger partial charge on any atom is 0.225 e. The highest BCUT2D eigenvalue weighted by Crippen LogP contribution is 2.18. The van der Waals surface area contributed by atoms with Gasteiger partial charge in [-0.05, 0) is 37.2 Å². The van der Waals surface area contributed by atoms with Crippen molar-refractivity contribution >= 4 is 5.95 Å². The van der Waals surface area contributed by atoms with Crippen molar-refractivity contribution in [2.75, 3.05) is 25.6 Å². The molecule has 0 bridgehead atoms. The lowest BCUT2D eigenvalue weighted by atomic mass is 10.0. The minimum atomic E-state index is 0.421. The Kier molecular flexibility index (Phi) is 16.7. The highest BCUT2D eigenvalue weighted by Gasteiger charge is 2.16. The van der Waals surface area contributed by atoms with Gasteiger partial charge in [-0.3, -0.25) is 0 Å². The lowest BCUT2D eigenvalue weighted by molar-refractivity contribution is 0.414. The van der Waals surface area contributed by atoms with Gasteiger partial charge in [-0.1, -0.05) is 109 Å². The first-order valence-corrected chi connectivity index (χ1v) is 14.6. The monoisotopic (exact) mass is 496 g/mol. The minimum Gasteiger partial charge on any atom is -0.497 e. The van der Waals surface area contributed by atoms with Gasteiger partial charge >= 0.3 is 0 Å². The van der Waals surface area contributed by atoms with E-state index in [0.717, 1.165) is 24.8 Å². The average molecular weight is 497 g/mol. The standard InChI is InChI=1S/C31H52N4O/c1-4-5-6-7-8-9-10-11-12-13-14-15-16-17-19-29(32-2)27-35(31-33-24-18-25-34-31)26-28-20-22-30(36-3)23-21-28/h18,20-25,29,32H,4-17,19,26-27H2,1-3H3. The van der Waals surface area contributed by atoms with Gasteiger partial charge in [0.2, 0.25) is 5.95 Å². The molecule has 5 heteroatoms. The summed E-state index contributed by atoms with van der Waals surface area (Å²) in [4.78, 5) is 11.3. The fourth-order valence-electron chi connectivity index (χ4n) is 4.80. The second-order valence-electron chi connectivity index (χ2n) is 10.1. The SMILES string of the molecule is CCCCCCCCCCCCCCCCC(CN(Cc1ccc(OC)cc1)c1ncccn1)NC. The maximum atomic E-state index is 5.31. The Morgan fingerprint density at radius 1 is 0.778 bits per heavy atom. The first-order valence-electron chi connectivity index (χ1n) is 14.6. The van der Waals surface area contributed by atoms with Gasteiger partial charge < -0.3 is 15.0 Å². The summed E-state index contributed by atoms with van der Waals surface area (Å²) in [7, 11) is 3.78. The van der Waals surface area contributed by atoms with Crippen molar-refractivity contribution < 1.29 is 4.74 Å². The van der Waals surface area contributed by atoms with E-state index in [1.165, 1.54) is 102 Å². The molecule has 202 valence electrons. The van der Waals surface area contributed by atoms with Crippen LogP contribution in [0.3, 0.4) is 0 Å². The average Bonchev–Trinajstić information content (AvgIpc) is 2.92. The number of likely N-dealkylation sites (N-methyl/N-ethyl adjacent to an activating group) is 1. The van der Waals surface area contributed by atoms with Crippen LogP contribution in [-0.4, -0.2) is 36.7 Å². The van der Waals surface area contributed by atoms with Gasteiger partial charge in [0.15, 0.2) is 0 Å². The van der Waals surface area contributed by atoms with Crippen molar-refractivity contribution in [3.05, 3.63) is 48.3 Å². The summed E-state index contributed by atoms with van der Waals surface area (Å²) >= 11 is 0. The van der Waals surface area contributed by atoms with Crippen molar-refractivity contribution in [3.8, 4) is 5.75 Å². The molecule has 0 saturated heterocycles. The summed E-state index contributed by atoms with van der Waals surface area (Å²) in [6.45, 7) is 3.97. The van der Waals surface area contributed by atoms with Crippen molar-refractivity contribution in [2.24, 2.45) is 0 Å². The molecule has 2 rings (SSSR count). The van der Waals surface area contributed by atoms with Crippen LogP contribution in [0.15, 0.2) is 42.7 Å². The Morgan fingerprint density at radius 3 is 1.81 bits per heavy atom. The predicted molar refractivity (Wildman–Crippen MR) is 154 cm³/mol. The highest BCUT2D eigenvalue weighted by molar-refractivity contribution is 5.34. The van der Waals surface area contributed by atoms with Crippen LogP contribution in [0.2, 0.25) is 0 Å². The number of nitrogens with one attached hydrogen (secondary N) is 1. The molecule has 0 aliphatic rings. The van der Waals surface area contributed by atoms with Crippen LogP contribution in [-0.2, 0) is 6.54 Å². The molecule has 0 saturated carbocycles. The molecule has 2 aromatic rings. The fraction of sp³-hybridized carbons (Fsp3) is 0.677. The van der Waals surface area contributed by atoms with Crippen LogP contribution in [0.5, 0.6) is 5.75 Å². The van der Waals surface area contributed by atoms with Crippen LogP contribution < -0.4 is 15.0 Å². The van der Waals surface area contributed by atoms with E-state index in [2.05, 4.69) is 46.3 Å². The Morgan fingerprint density at radius 2 is 1.31 bits per heavy atom. The molecule has 36 heavy (non-hydrogen) atoms. The van der Waals surface area contributed by atoms with Crippen LogP contribution in [0, 0.1) is 0 Å². The van der Waals surface area contributed by atoms with Crippen LogP contribution in [0.1, 0.15) is 109 Å². The van der Waals surface area contributed by atoms with Gasteiger partial charge in [-0.25, -0.2) is 9.97 Å². The summed E-state index contributed by atoms with van der Waals surface area (Å²) in [5, 5.41) is 3.54. The number of ether oxygens (including phenoxy) is 1. The van der Waals surface area contributed by atoms with Crippen molar-refractivity contribution in [1.82, 2.24) is 15.3 Å². The van der Waals surface area contributed by atoms with Crippen molar-refractivity contribution in [3.63, 3.8) is 0 Å². The summed E-state index contributed by atoms with van der Waals surface area (Å²) in [5.41, 5.74) is 1.23. The zero-order valence-electron chi connectivity index (χ0n) is 23.4. The molecule has 0 amide bonds. The molecule has 0 spiro atoms. The number of nitrogens with zero attached hydrogens (tertiary/aromatic N) is 3. The number of methoxy groups -OCH3 is 1.